The number of allylic oxidation sites excluding steroid dienone is 2. The number of carbonyl (C=O) groups is 1. The summed E-state index contributed by atoms with van der Waals surface area (Å²) in [5.41, 5.74) is 3.93. The lowest BCUT2D eigenvalue weighted by Gasteiger charge is -2.38. The van der Waals surface area contributed by atoms with Crippen molar-refractivity contribution in [3.63, 3.8) is 0 Å². The molecular weight excluding hydrogens is 322 g/mol. The Balaban J connectivity index is 2.17. The summed E-state index contributed by atoms with van der Waals surface area (Å²) in [6.45, 7) is 6.12. The molecule has 1 fully saturated rings. The first-order chi connectivity index (χ1) is 11.5. The van der Waals surface area contributed by atoms with Crippen molar-refractivity contribution >= 4 is 29.0 Å². The van der Waals surface area contributed by atoms with E-state index in [2.05, 4.69) is 23.3 Å². The van der Waals surface area contributed by atoms with Crippen molar-refractivity contribution in [2.75, 3.05) is 4.90 Å². The van der Waals surface area contributed by atoms with Gasteiger partial charge < -0.3 is 10.2 Å². The minimum atomic E-state index is -0.296. The predicted octanol–water partition coefficient (Wildman–Crippen LogP) is 4.26. The largest absolute Gasteiger partial charge is 0.321 e. The first-order valence-electron chi connectivity index (χ1n) is 8.38. The van der Waals surface area contributed by atoms with E-state index in [4.69, 9.17) is 11.6 Å². The van der Waals surface area contributed by atoms with Crippen LogP contribution in [0.5, 0.6) is 0 Å². The molecule has 1 amide bonds. The van der Waals surface area contributed by atoms with E-state index in [9.17, 15) is 4.79 Å². The highest BCUT2D eigenvalue weighted by atomic mass is 35.5. The van der Waals surface area contributed by atoms with Gasteiger partial charge in [0.1, 0.15) is 11.2 Å². The number of nitrogens with zero attached hydrogens (tertiary/aromatic N) is 2. The molecule has 0 spiro atoms. The number of fused-ring (bicyclic) bond motifs is 1. The summed E-state index contributed by atoms with van der Waals surface area (Å²) in [4.78, 5) is 19.3. The average Bonchev–Trinajstić information content (AvgIpc) is 2.71. The highest BCUT2D eigenvalue weighted by Gasteiger charge is 2.36. The van der Waals surface area contributed by atoms with Crippen molar-refractivity contribution in [3.05, 3.63) is 52.3 Å². The molecule has 0 aromatic heterocycles. The Hall–Kier alpha value is -2.07. The van der Waals surface area contributed by atoms with Crippen LogP contribution >= 0.6 is 11.6 Å². The normalized spacial score (nSPS) is 20.9. The van der Waals surface area contributed by atoms with E-state index in [1.807, 2.05) is 43.0 Å². The number of aryl methyl sites for hydroxylation is 1. The maximum atomic E-state index is 12.6. The SMILES string of the molecule is CCC1=C(Cl)N=C2C(=CC1)NC(=O)C(CC)N2c1cccc(C)c1. The fourth-order valence-corrected chi connectivity index (χ4v) is 3.43. The Morgan fingerprint density at radius 3 is 2.83 bits per heavy atom. The third-order valence-corrected chi connectivity index (χ3v) is 4.83. The predicted molar refractivity (Wildman–Crippen MR) is 99.2 cm³/mol. The number of hydrogen-bond donors (Lipinski definition) is 1. The van der Waals surface area contributed by atoms with Crippen LogP contribution in [-0.2, 0) is 4.79 Å². The molecule has 1 aromatic rings. The number of halogens is 1. The molecule has 3 rings (SSSR count). The molecule has 0 aliphatic carbocycles. The second kappa shape index (κ2) is 6.81. The fourth-order valence-electron chi connectivity index (χ4n) is 3.14. The Labute approximate surface area is 147 Å². The van der Waals surface area contributed by atoms with Gasteiger partial charge in [-0.25, -0.2) is 4.99 Å². The number of rotatable bonds is 3. The van der Waals surface area contributed by atoms with Gasteiger partial charge in [0, 0.05) is 5.69 Å². The molecule has 5 heteroatoms. The lowest BCUT2D eigenvalue weighted by molar-refractivity contribution is -0.121. The van der Waals surface area contributed by atoms with Crippen LogP contribution in [0.25, 0.3) is 0 Å². The summed E-state index contributed by atoms with van der Waals surface area (Å²) in [6.07, 6.45) is 4.25. The molecular formula is C19H22ClN3O. The molecule has 0 bridgehead atoms. The number of piperazine rings is 1. The third kappa shape index (κ3) is 2.98. The average molecular weight is 344 g/mol. The summed E-state index contributed by atoms with van der Waals surface area (Å²) < 4.78 is 0. The van der Waals surface area contributed by atoms with Crippen molar-refractivity contribution < 1.29 is 4.79 Å². The van der Waals surface area contributed by atoms with Gasteiger partial charge in [-0.1, -0.05) is 43.7 Å². The van der Waals surface area contributed by atoms with Crippen molar-refractivity contribution in [1.29, 1.82) is 0 Å². The van der Waals surface area contributed by atoms with E-state index in [-0.39, 0.29) is 11.9 Å². The minimum Gasteiger partial charge on any atom is -0.321 e. The van der Waals surface area contributed by atoms with Crippen molar-refractivity contribution in [2.45, 2.75) is 46.1 Å². The van der Waals surface area contributed by atoms with Crippen LogP contribution in [-0.4, -0.2) is 17.8 Å². The lowest BCUT2D eigenvalue weighted by Crippen LogP contribution is -2.57. The molecule has 2 aliphatic heterocycles. The lowest BCUT2D eigenvalue weighted by atomic mass is 10.0. The van der Waals surface area contributed by atoms with Gasteiger partial charge >= 0.3 is 0 Å². The molecule has 126 valence electrons. The van der Waals surface area contributed by atoms with E-state index in [1.165, 1.54) is 0 Å². The van der Waals surface area contributed by atoms with Gasteiger partial charge in [-0.05, 0) is 49.5 Å². The van der Waals surface area contributed by atoms with Gasteiger partial charge in [-0.2, -0.15) is 0 Å². The van der Waals surface area contributed by atoms with Gasteiger partial charge in [0.2, 0.25) is 5.91 Å². The molecule has 1 N–H and O–H groups in total. The molecule has 2 aliphatic rings. The van der Waals surface area contributed by atoms with Gasteiger partial charge in [-0.3, -0.25) is 4.79 Å². The van der Waals surface area contributed by atoms with E-state index < -0.39 is 0 Å². The number of amides is 1. The molecule has 0 saturated carbocycles. The Morgan fingerprint density at radius 2 is 2.17 bits per heavy atom. The highest BCUT2D eigenvalue weighted by molar-refractivity contribution is 6.31. The quantitative estimate of drug-likeness (QED) is 0.833. The molecule has 1 aromatic carbocycles. The number of aliphatic imine (C=N–C) groups is 1. The first-order valence-corrected chi connectivity index (χ1v) is 8.76. The highest BCUT2D eigenvalue weighted by Crippen LogP contribution is 2.30. The van der Waals surface area contributed by atoms with Crippen LogP contribution < -0.4 is 10.2 Å². The number of carbonyl (C=O) groups excluding carboxylic acids is 1. The maximum absolute atomic E-state index is 12.6. The summed E-state index contributed by atoms with van der Waals surface area (Å²) in [6, 6.07) is 7.83. The van der Waals surface area contributed by atoms with Crippen LogP contribution in [0.2, 0.25) is 0 Å². The van der Waals surface area contributed by atoms with E-state index in [1.54, 1.807) is 0 Å². The minimum absolute atomic E-state index is 0.000257. The van der Waals surface area contributed by atoms with Crippen LogP contribution in [0.15, 0.2) is 51.8 Å². The Morgan fingerprint density at radius 1 is 1.38 bits per heavy atom. The van der Waals surface area contributed by atoms with Crippen molar-refractivity contribution in [1.82, 2.24) is 5.32 Å². The third-order valence-electron chi connectivity index (χ3n) is 4.48. The molecule has 0 radical (unpaired) electrons. The van der Waals surface area contributed by atoms with Crippen LogP contribution in [0.3, 0.4) is 0 Å². The summed E-state index contributed by atoms with van der Waals surface area (Å²) in [5.74, 6) is 0.723. The number of benzene rings is 1. The van der Waals surface area contributed by atoms with Crippen molar-refractivity contribution in [2.24, 2.45) is 4.99 Å². The van der Waals surface area contributed by atoms with Crippen LogP contribution in [0.4, 0.5) is 5.69 Å². The van der Waals surface area contributed by atoms with Crippen LogP contribution in [0.1, 0.15) is 38.7 Å². The zero-order chi connectivity index (χ0) is 17.3. The summed E-state index contributed by atoms with van der Waals surface area (Å²) in [5, 5.41) is 3.53. The second-order valence-electron chi connectivity index (χ2n) is 6.13. The molecule has 4 nitrogen and oxygen atoms in total. The second-order valence-corrected chi connectivity index (χ2v) is 6.49. The van der Waals surface area contributed by atoms with Gasteiger partial charge in [-0.15, -0.1) is 0 Å². The first kappa shape index (κ1) is 16.8. The standard InChI is InChI=1S/C19H22ClN3O/c1-4-13-9-10-15-18(22-17(13)20)23(16(5-2)19(24)21-15)14-8-6-7-12(3)11-14/h6-8,10-11,16H,4-5,9H2,1-3H3,(H,21,24). The smallest absolute Gasteiger partial charge is 0.247 e. The van der Waals surface area contributed by atoms with E-state index in [0.29, 0.717) is 18.0 Å². The zero-order valence-electron chi connectivity index (χ0n) is 14.3. The molecule has 2 heterocycles. The molecule has 1 saturated heterocycles. The molecule has 1 atom stereocenters. The number of hydrogen-bond acceptors (Lipinski definition) is 3. The van der Waals surface area contributed by atoms with Gasteiger partial charge in [0.15, 0.2) is 5.84 Å². The topological polar surface area (TPSA) is 44.7 Å². The van der Waals surface area contributed by atoms with Gasteiger partial charge in [0.25, 0.3) is 0 Å². The van der Waals surface area contributed by atoms with E-state index >= 15 is 0 Å². The fraction of sp³-hybridized carbons (Fsp3) is 0.368. The number of amidine groups is 1. The maximum Gasteiger partial charge on any atom is 0.247 e. The van der Waals surface area contributed by atoms with Gasteiger partial charge in [0.05, 0.1) is 5.70 Å². The monoisotopic (exact) mass is 343 g/mol. The molecule has 24 heavy (non-hydrogen) atoms. The Kier molecular flexibility index (Phi) is 4.76. The Bertz CT molecular complexity index is 764. The summed E-state index contributed by atoms with van der Waals surface area (Å²) >= 11 is 6.44. The van der Waals surface area contributed by atoms with Crippen molar-refractivity contribution in [3.8, 4) is 0 Å². The zero-order valence-corrected chi connectivity index (χ0v) is 15.0. The molecule has 1 unspecified atom stereocenters. The number of nitrogens with one attached hydrogen (secondary N) is 1. The van der Waals surface area contributed by atoms with E-state index in [0.717, 1.165) is 34.8 Å². The number of anilines is 1. The van der Waals surface area contributed by atoms with Crippen LogP contribution in [0, 0.1) is 6.92 Å². The summed E-state index contributed by atoms with van der Waals surface area (Å²) in [7, 11) is 0.